The molecule has 10 heteroatoms. The third-order valence-electron chi connectivity index (χ3n) is 5.54. The zero-order valence-electron chi connectivity index (χ0n) is 15.4. The van der Waals surface area contributed by atoms with Crippen molar-refractivity contribution in [2.75, 3.05) is 0 Å². The Morgan fingerprint density at radius 1 is 1.11 bits per heavy atom. The van der Waals surface area contributed by atoms with Crippen LogP contribution < -0.4 is 5.32 Å². The summed E-state index contributed by atoms with van der Waals surface area (Å²) in [5.41, 5.74) is -2.86. The molecule has 4 aliphatic rings. The van der Waals surface area contributed by atoms with Crippen molar-refractivity contribution >= 4 is 6.09 Å². The summed E-state index contributed by atoms with van der Waals surface area (Å²) in [5.74, 6) is 0.211. The number of nitrogens with zero attached hydrogens (tertiary/aromatic N) is 2. The minimum Gasteiger partial charge on any atom is -0.444 e. The Kier molecular flexibility index (Phi) is 3.68. The summed E-state index contributed by atoms with van der Waals surface area (Å²) in [6, 6.07) is 0. The van der Waals surface area contributed by atoms with Gasteiger partial charge in [-0.3, -0.25) is 4.74 Å². The van der Waals surface area contributed by atoms with Crippen molar-refractivity contribution in [2.45, 2.75) is 87.8 Å². The molecule has 4 saturated carbocycles. The van der Waals surface area contributed by atoms with E-state index in [0.29, 0.717) is 31.6 Å². The summed E-state index contributed by atoms with van der Waals surface area (Å²) in [6.07, 6.45) is -2.41. The smallest absolute Gasteiger partial charge is 0.444 e. The molecule has 4 aliphatic carbocycles. The Hall–Kier alpha value is -1.84. The second-order valence-corrected chi connectivity index (χ2v) is 9.03. The maximum atomic E-state index is 12.7. The number of alkyl halides is 3. The van der Waals surface area contributed by atoms with E-state index >= 15 is 0 Å². The molecule has 4 fully saturated rings. The van der Waals surface area contributed by atoms with Gasteiger partial charge in [-0.2, -0.15) is 0 Å². The van der Waals surface area contributed by atoms with E-state index in [1.165, 1.54) is 0 Å². The van der Waals surface area contributed by atoms with Gasteiger partial charge < -0.3 is 14.5 Å². The molecule has 0 radical (unpaired) electrons. The van der Waals surface area contributed by atoms with E-state index in [4.69, 9.17) is 9.15 Å². The first-order valence-electron chi connectivity index (χ1n) is 8.97. The third kappa shape index (κ3) is 3.17. The maximum Gasteiger partial charge on any atom is 0.523 e. The minimum atomic E-state index is -4.76. The molecule has 0 aromatic carbocycles. The van der Waals surface area contributed by atoms with Crippen molar-refractivity contribution in [2.24, 2.45) is 0 Å². The normalized spacial score (nSPS) is 31.3. The Labute approximate surface area is 154 Å². The summed E-state index contributed by atoms with van der Waals surface area (Å²) < 4.78 is 53.3. The zero-order valence-corrected chi connectivity index (χ0v) is 15.4. The van der Waals surface area contributed by atoms with Gasteiger partial charge in [0.05, 0.1) is 5.41 Å². The van der Waals surface area contributed by atoms with Crippen LogP contribution in [0.1, 0.15) is 71.1 Å². The number of halogens is 3. The molecule has 1 aromatic heterocycles. The quantitative estimate of drug-likeness (QED) is 0.845. The molecule has 150 valence electrons. The zero-order chi connectivity index (χ0) is 19.7. The molecule has 1 aromatic rings. The standard InChI is InChI=1S/C17H22F3N3O4/c1-13(2,3)26-12(24)21-15-7-14(8-15,9-15)10-22-23-11(25-10)16(5-4-6-16)27-17(18,19)20/h4-9H2,1-3H3,(H,21,24). The monoisotopic (exact) mass is 389 g/mol. The number of hydrogen-bond donors (Lipinski definition) is 1. The van der Waals surface area contributed by atoms with Gasteiger partial charge in [-0.1, -0.05) is 0 Å². The number of carbonyl (C=O) groups excluding carboxylic acids is 1. The largest absolute Gasteiger partial charge is 0.523 e. The van der Waals surface area contributed by atoms with E-state index < -0.39 is 23.7 Å². The molecule has 0 spiro atoms. The van der Waals surface area contributed by atoms with Gasteiger partial charge in [-0.15, -0.1) is 23.4 Å². The number of nitrogens with one attached hydrogen (secondary N) is 1. The van der Waals surface area contributed by atoms with E-state index in [9.17, 15) is 18.0 Å². The lowest BCUT2D eigenvalue weighted by atomic mass is 9.39. The van der Waals surface area contributed by atoms with E-state index in [-0.39, 0.29) is 29.7 Å². The lowest BCUT2D eigenvalue weighted by Crippen LogP contribution is -2.77. The number of alkyl carbamates (subject to hydrolysis) is 1. The maximum absolute atomic E-state index is 12.7. The van der Waals surface area contributed by atoms with Gasteiger partial charge in [0.1, 0.15) is 5.60 Å². The topological polar surface area (TPSA) is 86.5 Å². The number of amides is 1. The highest BCUT2D eigenvalue weighted by Gasteiger charge is 2.72. The van der Waals surface area contributed by atoms with Gasteiger partial charge in [0, 0.05) is 5.54 Å². The first-order chi connectivity index (χ1) is 12.3. The van der Waals surface area contributed by atoms with Crippen LogP contribution in [0, 0.1) is 0 Å². The fourth-order valence-electron chi connectivity index (χ4n) is 4.37. The van der Waals surface area contributed by atoms with Gasteiger partial charge >= 0.3 is 12.5 Å². The van der Waals surface area contributed by atoms with Crippen molar-refractivity contribution in [3.63, 3.8) is 0 Å². The fraction of sp³-hybridized carbons (Fsp3) is 0.824. The Bertz CT molecular complexity index is 744. The molecule has 2 bridgehead atoms. The highest BCUT2D eigenvalue weighted by atomic mass is 19.4. The fourth-order valence-corrected chi connectivity index (χ4v) is 4.37. The minimum absolute atomic E-state index is 0.111. The molecule has 0 aliphatic heterocycles. The molecule has 0 atom stereocenters. The SMILES string of the molecule is CC(C)(C)OC(=O)NC12CC(c3nnc(C4(OC(F)(F)F)CCC4)o3)(C1)C2. The summed E-state index contributed by atoms with van der Waals surface area (Å²) in [4.78, 5) is 11.9. The summed E-state index contributed by atoms with van der Waals surface area (Å²) in [7, 11) is 0. The average molecular weight is 389 g/mol. The van der Waals surface area contributed by atoms with Gasteiger partial charge in [0.2, 0.25) is 11.8 Å². The van der Waals surface area contributed by atoms with E-state index in [0.717, 1.165) is 0 Å². The highest BCUT2D eigenvalue weighted by molar-refractivity contribution is 5.70. The van der Waals surface area contributed by atoms with Gasteiger partial charge in [0.25, 0.3) is 0 Å². The molecule has 0 saturated heterocycles. The first kappa shape index (κ1) is 18.5. The van der Waals surface area contributed by atoms with Crippen LogP contribution in [0.2, 0.25) is 0 Å². The molecular weight excluding hydrogens is 367 g/mol. The highest BCUT2D eigenvalue weighted by Crippen LogP contribution is 2.67. The molecular formula is C17H22F3N3O4. The van der Waals surface area contributed by atoms with Gasteiger partial charge in [-0.25, -0.2) is 4.79 Å². The molecule has 1 N–H and O–H groups in total. The number of hydrogen-bond acceptors (Lipinski definition) is 6. The molecule has 27 heavy (non-hydrogen) atoms. The number of ether oxygens (including phenoxy) is 2. The van der Waals surface area contributed by atoms with E-state index in [1.54, 1.807) is 20.8 Å². The molecule has 0 unspecified atom stereocenters. The molecule has 1 amide bonds. The predicted octanol–water partition coefficient (Wildman–Crippen LogP) is 3.68. The second kappa shape index (κ2) is 5.36. The number of rotatable bonds is 4. The predicted molar refractivity (Wildman–Crippen MR) is 84.6 cm³/mol. The summed E-state index contributed by atoms with van der Waals surface area (Å²) in [5, 5.41) is 10.7. The summed E-state index contributed by atoms with van der Waals surface area (Å²) in [6.45, 7) is 5.36. The van der Waals surface area contributed by atoms with Gasteiger partial charge in [-0.05, 0) is 59.3 Å². The van der Waals surface area contributed by atoms with Crippen LogP contribution >= 0.6 is 0 Å². The van der Waals surface area contributed by atoms with Crippen LogP contribution in [-0.2, 0) is 20.5 Å². The third-order valence-corrected chi connectivity index (χ3v) is 5.54. The molecule has 1 heterocycles. The number of aromatic nitrogens is 2. The van der Waals surface area contributed by atoms with Crippen LogP contribution in [0.15, 0.2) is 4.42 Å². The van der Waals surface area contributed by atoms with Crippen molar-refractivity contribution in [1.29, 1.82) is 0 Å². The van der Waals surface area contributed by atoms with Crippen molar-refractivity contribution < 1.29 is 31.9 Å². The second-order valence-electron chi connectivity index (χ2n) is 9.03. The van der Waals surface area contributed by atoms with Crippen molar-refractivity contribution in [3.8, 4) is 0 Å². The lowest BCUT2D eigenvalue weighted by Gasteiger charge is -2.68. The summed E-state index contributed by atoms with van der Waals surface area (Å²) >= 11 is 0. The van der Waals surface area contributed by atoms with Crippen LogP contribution in [0.3, 0.4) is 0 Å². The lowest BCUT2D eigenvalue weighted by molar-refractivity contribution is -0.387. The Balaban J connectivity index is 1.40. The number of carbonyl (C=O) groups is 1. The van der Waals surface area contributed by atoms with Crippen molar-refractivity contribution in [1.82, 2.24) is 15.5 Å². The van der Waals surface area contributed by atoms with E-state index in [1.807, 2.05) is 0 Å². The Morgan fingerprint density at radius 3 is 2.19 bits per heavy atom. The van der Waals surface area contributed by atoms with Crippen molar-refractivity contribution in [3.05, 3.63) is 11.8 Å². The van der Waals surface area contributed by atoms with E-state index in [2.05, 4.69) is 20.3 Å². The average Bonchev–Trinajstić information content (AvgIpc) is 2.83. The van der Waals surface area contributed by atoms with Crippen LogP contribution in [0.5, 0.6) is 0 Å². The Morgan fingerprint density at radius 2 is 1.70 bits per heavy atom. The molecule has 7 nitrogen and oxygen atoms in total. The van der Waals surface area contributed by atoms with Gasteiger partial charge in [0.15, 0.2) is 5.60 Å². The first-order valence-corrected chi connectivity index (χ1v) is 8.97. The molecule has 5 rings (SSSR count). The van der Waals surface area contributed by atoms with Crippen LogP contribution in [0.25, 0.3) is 0 Å². The van der Waals surface area contributed by atoms with Crippen LogP contribution in [-0.4, -0.2) is 33.8 Å². The van der Waals surface area contributed by atoms with Crippen LogP contribution in [0.4, 0.5) is 18.0 Å².